The van der Waals surface area contributed by atoms with Crippen LogP contribution in [0.2, 0.25) is 0 Å². The summed E-state index contributed by atoms with van der Waals surface area (Å²) < 4.78 is 0. The molecule has 2 aromatic rings. The van der Waals surface area contributed by atoms with E-state index in [0.29, 0.717) is 11.4 Å². The van der Waals surface area contributed by atoms with E-state index in [1.165, 1.54) is 24.3 Å². The van der Waals surface area contributed by atoms with Crippen LogP contribution in [0.1, 0.15) is 30.6 Å². The van der Waals surface area contributed by atoms with Crippen molar-refractivity contribution in [3.63, 3.8) is 0 Å². The SMILES string of the molecule is CC(C)C(=O)Nc1cccc(NC2CC(=O)N(c3cccc(C(=O)O)c3)C2=O)c1. The molecule has 3 rings (SSSR count). The summed E-state index contributed by atoms with van der Waals surface area (Å²) in [6.07, 6.45) is -0.0568. The van der Waals surface area contributed by atoms with Crippen molar-refractivity contribution in [3.8, 4) is 0 Å². The normalized spacial score (nSPS) is 16.2. The number of carboxylic acids is 1. The van der Waals surface area contributed by atoms with E-state index in [0.717, 1.165) is 4.90 Å². The molecular formula is C21H21N3O5. The summed E-state index contributed by atoms with van der Waals surface area (Å²) in [5.41, 5.74) is 1.38. The molecule has 1 fully saturated rings. The minimum Gasteiger partial charge on any atom is -0.478 e. The fourth-order valence-corrected chi connectivity index (χ4v) is 2.97. The van der Waals surface area contributed by atoms with Gasteiger partial charge in [-0.2, -0.15) is 0 Å². The Morgan fingerprint density at radius 1 is 1.07 bits per heavy atom. The second kappa shape index (κ2) is 8.14. The Bertz CT molecular complexity index is 986. The third-order valence-electron chi connectivity index (χ3n) is 4.49. The van der Waals surface area contributed by atoms with Crippen molar-refractivity contribution in [3.05, 3.63) is 54.1 Å². The fourth-order valence-electron chi connectivity index (χ4n) is 2.97. The first kappa shape index (κ1) is 20.1. The second-order valence-corrected chi connectivity index (χ2v) is 7.05. The maximum atomic E-state index is 12.8. The van der Waals surface area contributed by atoms with Crippen LogP contribution < -0.4 is 15.5 Å². The number of hydrogen-bond donors (Lipinski definition) is 3. The number of nitrogens with zero attached hydrogens (tertiary/aromatic N) is 1. The highest BCUT2D eigenvalue weighted by atomic mass is 16.4. The number of imide groups is 1. The minimum atomic E-state index is -1.14. The molecule has 150 valence electrons. The smallest absolute Gasteiger partial charge is 0.335 e. The van der Waals surface area contributed by atoms with Crippen LogP contribution in [0.4, 0.5) is 17.1 Å². The predicted molar refractivity (Wildman–Crippen MR) is 108 cm³/mol. The molecule has 1 atom stereocenters. The molecule has 29 heavy (non-hydrogen) atoms. The number of anilines is 3. The summed E-state index contributed by atoms with van der Waals surface area (Å²) in [6, 6.07) is 11.8. The number of carbonyl (C=O) groups excluding carboxylic acids is 3. The van der Waals surface area contributed by atoms with Crippen molar-refractivity contribution in [2.75, 3.05) is 15.5 Å². The van der Waals surface area contributed by atoms with Gasteiger partial charge in [-0.05, 0) is 36.4 Å². The first-order valence-electron chi connectivity index (χ1n) is 9.14. The van der Waals surface area contributed by atoms with Crippen molar-refractivity contribution in [2.45, 2.75) is 26.3 Å². The molecule has 0 spiro atoms. The van der Waals surface area contributed by atoms with Crippen LogP contribution in [-0.4, -0.2) is 34.8 Å². The third-order valence-corrected chi connectivity index (χ3v) is 4.49. The van der Waals surface area contributed by atoms with Gasteiger partial charge < -0.3 is 15.7 Å². The zero-order chi connectivity index (χ0) is 21.1. The van der Waals surface area contributed by atoms with Gasteiger partial charge in [0.2, 0.25) is 11.8 Å². The van der Waals surface area contributed by atoms with Gasteiger partial charge in [-0.15, -0.1) is 0 Å². The van der Waals surface area contributed by atoms with E-state index in [1.807, 2.05) is 0 Å². The number of aromatic carboxylic acids is 1. The molecule has 3 N–H and O–H groups in total. The van der Waals surface area contributed by atoms with Crippen LogP contribution in [-0.2, 0) is 14.4 Å². The predicted octanol–water partition coefficient (Wildman–Crippen LogP) is 2.72. The highest BCUT2D eigenvalue weighted by Crippen LogP contribution is 2.26. The van der Waals surface area contributed by atoms with Gasteiger partial charge in [-0.3, -0.25) is 14.4 Å². The minimum absolute atomic E-state index is 0.00638. The van der Waals surface area contributed by atoms with Crippen LogP contribution in [0.15, 0.2) is 48.5 Å². The maximum Gasteiger partial charge on any atom is 0.335 e. The Morgan fingerprint density at radius 2 is 1.76 bits per heavy atom. The molecular weight excluding hydrogens is 374 g/mol. The van der Waals surface area contributed by atoms with E-state index in [2.05, 4.69) is 10.6 Å². The summed E-state index contributed by atoms with van der Waals surface area (Å²) in [5.74, 6) is -2.32. The molecule has 1 heterocycles. The van der Waals surface area contributed by atoms with Gasteiger partial charge in [0, 0.05) is 17.3 Å². The zero-order valence-corrected chi connectivity index (χ0v) is 16.0. The van der Waals surface area contributed by atoms with E-state index in [-0.39, 0.29) is 29.5 Å². The molecule has 0 aromatic heterocycles. The molecule has 8 heteroatoms. The fraction of sp³-hybridized carbons (Fsp3) is 0.238. The molecule has 1 aliphatic heterocycles. The molecule has 8 nitrogen and oxygen atoms in total. The molecule has 3 amide bonds. The number of rotatable bonds is 6. The number of nitrogens with one attached hydrogen (secondary N) is 2. The van der Waals surface area contributed by atoms with Gasteiger partial charge in [-0.25, -0.2) is 9.69 Å². The van der Waals surface area contributed by atoms with Crippen LogP contribution >= 0.6 is 0 Å². The van der Waals surface area contributed by atoms with Crippen molar-refractivity contribution in [2.24, 2.45) is 5.92 Å². The first-order valence-corrected chi connectivity index (χ1v) is 9.14. The largest absolute Gasteiger partial charge is 0.478 e. The molecule has 1 aliphatic rings. The molecule has 0 saturated carbocycles. The Morgan fingerprint density at radius 3 is 2.45 bits per heavy atom. The van der Waals surface area contributed by atoms with Gasteiger partial charge in [-0.1, -0.05) is 26.0 Å². The summed E-state index contributed by atoms with van der Waals surface area (Å²) in [5, 5.41) is 14.9. The summed E-state index contributed by atoms with van der Waals surface area (Å²) in [6.45, 7) is 3.57. The average molecular weight is 395 g/mol. The summed E-state index contributed by atoms with van der Waals surface area (Å²) in [7, 11) is 0. The molecule has 2 aromatic carbocycles. The van der Waals surface area contributed by atoms with E-state index >= 15 is 0 Å². The maximum absolute atomic E-state index is 12.8. The second-order valence-electron chi connectivity index (χ2n) is 7.05. The van der Waals surface area contributed by atoms with Crippen molar-refractivity contribution < 1.29 is 24.3 Å². The quantitative estimate of drug-likeness (QED) is 0.648. The monoisotopic (exact) mass is 395 g/mol. The standard InChI is InChI=1S/C21H21N3O5/c1-12(2)19(26)23-15-7-4-6-14(10-15)22-17-11-18(25)24(20(17)27)16-8-3-5-13(9-16)21(28)29/h3-10,12,17,22H,11H2,1-2H3,(H,23,26)(H,28,29). The van der Waals surface area contributed by atoms with Crippen molar-refractivity contribution in [1.29, 1.82) is 0 Å². The molecule has 1 saturated heterocycles. The number of carbonyl (C=O) groups is 4. The number of carboxylic acid groups (broad SMARTS) is 1. The summed E-state index contributed by atoms with van der Waals surface area (Å²) >= 11 is 0. The Labute approximate surface area is 167 Å². The molecule has 0 aliphatic carbocycles. The highest BCUT2D eigenvalue weighted by Gasteiger charge is 2.39. The Hall–Kier alpha value is -3.68. The van der Waals surface area contributed by atoms with Crippen molar-refractivity contribution >= 4 is 40.8 Å². The van der Waals surface area contributed by atoms with Gasteiger partial charge in [0.25, 0.3) is 5.91 Å². The highest BCUT2D eigenvalue weighted by molar-refractivity contribution is 6.23. The topological polar surface area (TPSA) is 116 Å². The molecule has 1 unspecified atom stereocenters. The lowest BCUT2D eigenvalue weighted by atomic mass is 10.2. The van der Waals surface area contributed by atoms with Gasteiger partial charge in [0.15, 0.2) is 0 Å². The van der Waals surface area contributed by atoms with E-state index in [4.69, 9.17) is 5.11 Å². The number of hydrogen-bond acceptors (Lipinski definition) is 5. The lowest BCUT2D eigenvalue weighted by Gasteiger charge is -2.17. The Kier molecular flexibility index (Phi) is 5.63. The van der Waals surface area contributed by atoms with E-state index in [1.54, 1.807) is 38.1 Å². The van der Waals surface area contributed by atoms with E-state index in [9.17, 15) is 19.2 Å². The van der Waals surface area contributed by atoms with Crippen LogP contribution in [0.5, 0.6) is 0 Å². The summed E-state index contributed by atoms with van der Waals surface area (Å²) in [4.78, 5) is 49.2. The lowest BCUT2D eigenvalue weighted by molar-refractivity contribution is -0.121. The van der Waals surface area contributed by atoms with Gasteiger partial charge in [0.05, 0.1) is 17.7 Å². The van der Waals surface area contributed by atoms with Gasteiger partial charge >= 0.3 is 5.97 Å². The number of benzene rings is 2. The molecule has 0 radical (unpaired) electrons. The van der Waals surface area contributed by atoms with Gasteiger partial charge in [0.1, 0.15) is 6.04 Å². The Balaban J connectivity index is 1.76. The average Bonchev–Trinajstić information content (AvgIpc) is 2.95. The van der Waals surface area contributed by atoms with Crippen LogP contribution in [0.3, 0.4) is 0 Å². The van der Waals surface area contributed by atoms with Crippen LogP contribution in [0, 0.1) is 5.92 Å². The number of amides is 3. The third kappa shape index (κ3) is 4.43. The van der Waals surface area contributed by atoms with Crippen molar-refractivity contribution in [1.82, 2.24) is 0 Å². The van der Waals surface area contributed by atoms with E-state index < -0.39 is 23.8 Å². The molecule has 0 bridgehead atoms. The zero-order valence-electron chi connectivity index (χ0n) is 16.0. The first-order chi connectivity index (χ1) is 13.8. The van der Waals surface area contributed by atoms with Crippen LogP contribution in [0.25, 0.3) is 0 Å². The lowest BCUT2D eigenvalue weighted by Crippen LogP contribution is -2.34.